The lowest BCUT2D eigenvalue weighted by Crippen LogP contribution is -2.25. The molecule has 1 heterocycles. The first kappa shape index (κ1) is 13.0. The van der Waals surface area contributed by atoms with Crippen molar-refractivity contribution < 1.29 is 13.9 Å². The Bertz CT molecular complexity index is 353. The van der Waals surface area contributed by atoms with Crippen LogP contribution in [0.4, 0.5) is 4.39 Å². The Kier molecular flexibility index (Phi) is 4.95. The number of hydrogen-bond acceptors (Lipinski definition) is 2. The molecule has 1 aromatic rings. The van der Waals surface area contributed by atoms with Gasteiger partial charge in [-0.1, -0.05) is 28.1 Å². The summed E-state index contributed by atoms with van der Waals surface area (Å²) in [5.74, 6) is -0.218. The van der Waals surface area contributed by atoms with Crippen LogP contribution in [-0.4, -0.2) is 24.6 Å². The molecular formula is C13H16BrFO2. The van der Waals surface area contributed by atoms with E-state index in [-0.39, 0.29) is 18.0 Å². The second-order valence-electron chi connectivity index (χ2n) is 4.15. The lowest BCUT2D eigenvalue weighted by atomic mass is 10.1. The van der Waals surface area contributed by atoms with E-state index in [1.807, 2.05) is 6.07 Å². The first-order valence-corrected chi connectivity index (χ1v) is 6.96. The lowest BCUT2D eigenvalue weighted by molar-refractivity contribution is -0.0617. The van der Waals surface area contributed by atoms with Crippen molar-refractivity contribution in [2.24, 2.45) is 0 Å². The molecule has 0 spiro atoms. The van der Waals surface area contributed by atoms with Crippen LogP contribution in [0.2, 0.25) is 0 Å². The quantitative estimate of drug-likeness (QED) is 0.793. The number of hydrogen-bond donors (Lipinski definition) is 0. The van der Waals surface area contributed by atoms with Crippen molar-refractivity contribution in [3.05, 3.63) is 35.6 Å². The Morgan fingerprint density at radius 3 is 2.82 bits per heavy atom. The molecule has 2 nitrogen and oxygen atoms in total. The van der Waals surface area contributed by atoms with E-state index in [1.54, 1.807) is 6.07 Å². The highest BCUT2D eigenvalue weighted by atomic mass is 79.9. The number of benzene rings is 1. The second-order valence-corrected chi connectivity index (χ2v) is 4.79. The largest absolute Gasteiger partial charge is 0.381 e. The van der Waals surface area contributed by atoms with Crippen molar-refractivity contribution in [1.29, 1.82) is 0 Å². The maximum atomic E-state index is 13.2. The van der Waals surface area contributed by atoms with Gasteiger partial charge < -0.3 is 9.47 Å². The van der Waals surface area contributed by atoms with Crippen LogP contribution in [0.5, 0.6) is 0 Å². The third kappa shape index (κ3) is 3.76. The van der Waals surface area contributed by atoms with Gasteiger partial charge in [0.2, 0.25) is 0 Å². The van der Waals surface area contributed by atoms with E-state index in [9.17, 15) is 4.39 Å². The molecule has 1 aliphatic rings. The summed E-state index contributed by atoms with van der Waals surface area (Å²) in [5, 5.41) is 0.674. The molecule has 1 aromatic carbocycles. The number of alkyl halides is 1. The Hall–Kier alpha value is -0.450. The van der Waals surface area contributed by atoms with Crippen LogP contribution in [0.1, 0.15) is 24.5 Å². The zero-order valence-corrected chi connectivity index (χ0v) is 11.2. The van der Waals surface area contributed by atoms with Gasteiger partial charge >= 0.3 is 0 Å². The summed E-state index contributed by atoms with van der Waals surface area (Å²) < 4.78 is 24.4. The van der Waals surface area contributed by atoms with Gasteiger partial charge in [0, 0.05) is 18.5 Å². The Morgan fingerprint density at radius 1 is 1.41 bits per heavy atom. The van der Waals surface area contributed by atoms with Gasteiger partial charge in [-0.15, -0.1) is 0 Å². The molecule has 4 heteroatoms. The topological polar surface area (TPSA) is 18.5 Å². The molecular weight excluding hydrogens is 287 g/mol. The Morgan fingerprint density at radius 2 is 2.18 bits per heavy atom. The van der Waals surface area contributed by atoms with Gasteiger partial charge in [-0.2, -0.15) is 0 Å². The minimum absolute atomic E-state index is 0.0891. The zero-order valence-electron chi connectivity index (χ0n) is 9.57. The average Bonchev–Trinajstić information content (AvgIpc) is 2.37. The molecule has 1 aliphatic heterocycles. The van der Waals surface area contributed by atoms with Crippen LogP contribution in [-0.2, 0) is 9.47 Å². The molecule has 0 radical (unpaired) electrons. The number of ether oxygens (including phenoxy) is 2. The summed E-state index contributed by atoms with van der Waals surface area (Å²) >= 11 is 3.43. The maximum absolute atomic E-state index is 13.2. The van der Waals surface area contributed by atoms with E-state index in [2.05, 4.69) is 15.9 Å². The van der Waals surface area contributed by atoms with Gasteiger partial charge in [0.1, 0.15) is 5.82 Å². The first-order valence-electron chi connectivity index (χ1n) is 5.84. The molecule has 0 aromatic heterocycles. The van der Waals surface area contributed by atoms with E-state index < -0.39 is 0 Å². The molecule has 1 saturated heterocycles. The number of halogens is 2. The van der Waals surface area contributed by atoms with E-state index in [4.69, 9.17) is 9.47 Å². The predicted molar refractivity (Wildman–Crippen MR) is 67.9 cm³/mol. The fourth-order valence-corrected chi connectivity index (χ4v) is 2.48. The Balaban J connectivity index is 2.00. The van der Waals surface area contributed by atoms with Gasteiger partial charge in [-0.3, -0.25) is 0 Å². The fraction of sp³-hybridized carbons (Fsp3) is 0.538. The zero-order chi connectivity index (χ0) is 12.1. The van der Waals surface area contributed by atoms with E-state index in [0.29, 0.717) is 5.33 Å². The van der Waals surface area contributed by atoms with Crippen molar-refractivity contribution in [2.75, 3.05) is 18.5 Å². The molecule has 1 fully saturated rings. The standard InChI is InChI=1S/C13H16BrFO2/c14-9-13(10-2-1-3-11(15)8-10)17-12-4-6-16-7-5-12/h1-3,8,12-13H,4-7,9H2. The molecule has 0 N–H and O–H groups in total. The molecule has 0 aliphatic carbocycles. The van der Waals surface area contributed by atoms with Gasteiger partial charge in [0.15, 0.2) is 0 Å². The van der Waals surface area contributed by atoms with Crippen molar-refractivity contribution in [3.8, 4) is 0 Å². The van der Waals surface area contributed by atoms with E-state index in [0.717, 1.165) is 31.6 Å². The summed E-state index contributed by atoms with van der Waals surface area (Å²) in [6.07, 6.45) is 1.96. The van der Waals surface area contributed by atoms with E-state index in [1.165, 1.54) is 12.1 Å². The fourth-order valence-electron chi connectivity index (χ4n) is 1.96. The highest BCUT2D eigenvalue weighted by Crippen LogP contribution is 2.25. The predicted octanol–water partition coefficient (Wildman–Crippen LogP) is 3.46. The van der Waals surface area contributed by atoms with Crippen LogP contribution in [0.3, 0.4) is 0 Å². The van der Waals surface area contributed by atoms with E-state index >= 15 is 0 Å². The van der Waals surface area contributed by atoms with Crippen LogP contribution < -0.4 is 0 Å². The van der Waals surface area contributed by atoms with Crippen molar-refractivity contribution in [1.82, 2.24) is 0 Å². The summed E-state index contributed by atoms with van der Waals surface area (Å²) in [6.45, 7) is 1.51. The van der Waals surface area contributed by atoms with Crippen molar-refractivity contribution >= 4 is 15.9 Å². The molecule has 2 rings (SSSR count). The summed E-state index contributed by atoms with van der Waals surface area (Å²) in [4.78, 5) is 0. The van der Waals surface area contributed by atoms with Gasteiger partial charge in [0.05, 0.1) is 12.2 Å². The highest BCUT2D eigenvalue weighted by molar-refractivity contribution is 9.09. The lowest BCUT2D eigenvalue weighted by Gasteiger charge is -2.27. The van der Waals surface area contributed by atoms with Gasteiger partial charge in [-0.05, 0) is 30.5 Å². The smallest absolute Gasteiger partial charge is 0.123 e. The van der Waals surface area contributed by atoms with Gasteiger partial charge in [-0.25, -0.2) is 4.39 Å². The number of rotatable bonds is 4. The van der Waals surface area contributed by atoms with Crippen LogP contribution in [0.15, 0.2) is 24.3 Å². The molecule has 0 saturated carbocycles. The van der Waals surface area contributed by atoms with Crippen LogP contribution in [0.25, 0.3) is 0 Å². The molecule has 0 amide bonds. The summed E-state index contributed by atoms with van der Waals surface area (Å²) in [7, 11) is 0. The molecule has 1 atom stereocenters. The third-order valence-corrected chi connectivity index (χ3v) is 3.47. The minimum Gasteiger partial charge on any atom is -0.381 e. The van der Waals surface area contributed by atoms with Crippen molar-refractivity contribution in [3.63, 3.8) is 0 Å². The first-order chi connectivity index (χ1) is 8.29. The maximum Gasteiger partial charge on any atom is 0.123 e. The third-order valence-electron chi connectivity index (χ3n) is 2.89. The Labute approximate surface area is 109 Å². The minimum atomic E-state index is -0.218. The molecule has 0 bridgehead atoms. The molecule has 1 unspecified atom stereocenters. The SMILES string of the molecule is Fc1cccc(C(CBr)OC2CCOCC2)c1. The molecule has 94 valence electrons. The van der Waals surface area contributed by atoms with Crippen molar-refractivity contribution in [2.45, 2.75) is 25.0 Å². The second kappa shape index (κ2) is 6.47. The summed E-state index contributed by atoms with van der Waals surface area (Å²) in [6, 6.07) is 6.59. The van der Waals surface area contributed by atoms with Crippen LogP contribution >= 0.6 is 15.9 Å². The average molecular weight is 303 g/mol. The molecule has 17 heavy (non-hydrogen) atoms. The highest BCUT2D eigenvalue weighted by Gasteiger charge is 2.20. The summed E-state index contributed by atoms with van der Waals surface area (Å²) in [5.41, 5.74) is 0.883. The monoisotopic (exact) mass is 302 g/mol. The van der Waals surface area contributed by atoms with Gasteiger partial charge in [0.25, 0.3) is 0 Å². The normalized spacial score (nSPS) is 19.2. The van der Waals surface area contributed by atoms with Crippen LogP contribution in [0, 0.1) is 5.82 Å².